The summed E-state index contributed by atoms with van der Waals surface area (Å²) in [6, 6.07) is 8.25. The molecule has 0 fully saturated rings. The Morgan fingerprint density at radius 1 is 1.02 bits per heavy atom. The molecule has 1 atom stereocenters. The summed E-state index contributed by atoms with van der Waals surface area (Å²) >= 11 is 0. The van der Waals surface area contributed by atoms with E-state index in [9.17, 15) is 23.5 Å². The van der Waals surface area contributed by atoms with E-state index in [0.29, 0.717) is 52.4 Å². The number of fused-ring (bicyclic) bond motifs is 1. The highest BCUT2D eigenvalue weighted by molar-refractivity contribution is 5.96. The number of aliphatic carboxylic acids is 1. The molecule has 1 unspecified atom stereocenters. The third kappa shape index (κ3) is 9.04. The Morgan fingerprint density at radius 2 is 1.77 bits per heavy atom. The fourth-order valence-electron chi connectivity index (χ4n) is 5.92. The Labute approximate surface area is 279 Å². The van der Waals surface area contributed by atoms with E-state index in [1.165, 1.54) is 31.6 Å². The summed E-state index contributed by atoms with van der Waals surface area (Å²) in [4.78, 5) is 33.3. The number of quaternary nitrogens is 1. The number of methoxy groups -OCH3 is 1. The van der Waals surface area contributed by atoms with Crippen LogP contribution < -0.4 is 21.1 Å². The number of anilines is 2. The van der Waals surface area contributed by atoms with E-state index in [1.807, 2.05) is 20.0 Å². The van der Waals surface area contributed by atoms with E-state index < -0.39 is 17.6 Å². The summed E-state index contributed by atoms with van der Waals surface area (Å²) in [7, 11) is 3.27. The van der Waals surface area contributed by atoms with Crippen LogP contribution in [0.2, 0.25) is 0 Å². The van der Waals surface area contributed by atoms with Crippen molar-refractivity contribution in [1.29, 1.82) is 0 Å². The average molecular weight is 667 g/mol. The molecule has 13 heteroatoms. The van der Waals surface area contributed by atoms with Crippen molar-refractivity contribution in [3.8, 4) is 17.0 Å². The number of nitrogens with zero attached hydrogens (tertiary/aromatic N) is 4. The van der Waals surface area contributed by atoms with Crippen molar-refractivity contribution in [2.24, 2.45) is 5.73 Å². The molecule has 48 heavy (non-hydrogen) atoms. The van der Waals surface area contributed by atoms with Gasteiger partial charge in [-0.2, -0.15) is 4.39 Å². The van der Waals surface area contributed by atoms with E-state index in [4.69, 9.17) is 10.5 Å². The van der Waals surface area contributed by atoms with Gasteiger partial charge < -0.3 is 30.7 Å². The van der Waals surface area contributed by atoms with Gasteiger partial charge in [-0.15, -0.1) is 0 Å². The second-order valence-electron chi connectivity index (χ2n) is 12.2. The number of amides is 1. The van der Waals surface area contributed by atoms with Crippen molar-refractivity contribution in [3.05, 3.63) is 71.7 Å². The molecule has 2 heterocycles. The van der Waals surface area contributed by atoms with Crippen LogP contribution in [0.25, 0.3) is 16.9 Å². The number of ether oxygens (including phenoxy) is 1. The maximum atomic E-state index is 14.9. The number of carbonyl (C=O) groups is 2. The molecule has 1 amide bonds. The van der Waals surface area contributed by atoms with Crippen molar-refractivity contribution < 1.29 is 32.7 Å². The zero-order valence-electron chi connectivity index (χ0n) is 27.9. The summed E-state index contributed by atoms with van der Waals surface area (Å²) in [5, 5.41) is 15.7. The second kappa shape index (κ2) is 17.0. The fourth-order valence-corrected chi connectivity index (χ4v) is 5.92. The third-order valence-corrected chi connectivity index (χ3v) is 8.54. The number of imidazole rings is 1. The SMILES string of the molecule is CCc1cc(Nc2nccn3c(-c4ccc(OC)c(F)c4F)cnc23)ccc1C(=O)NCCCCC[N+](C)(CCCCCN)CC(=O)O. The van der Waals surface area contributed by atoms with Gasteiger partial charge in [-0.25, -0.2) is 19.2 Å². The summed E-state index contributed by atoms with van der Waals surface area (Å²) in [5.41, 5.74) is 8.51. The first-order valence-electron chi connectivity index (χ1n) is 16.4. The van der Waals surface area contributed by atoms with Gasteiger partial charge in [-0.05, 0) is 87.4 Å². The Bertz CT molecular complexity index is 1710. The lowest BCUT2D eigenvalue weighted by molar-refractivity contribution is -0.903. The van der Waals surface area contributed by atoms with Gasteiger partial charge in [0, 0.05) is 35.8 Å². The predicted octanol–water partition coefficient (Wildman–Crippen LogP) is 5.55. The van der Waals surface area contributed by atoms with Crippen molar-refractivity contribution in [2.45, 2.75) is 51.9 Å². The molecule has 11 nitrogen and oxygen atoms in total. The molecule has 0 aliphatic rings. The first kappa shape index (κ1) is 36.2. The van der Waals surface area contributed by atoms with Crippen LogP contribution in [0.5, 0.6) is 5.75 Å². The van der Waals surface area contributed by atoms with E-state index in [1.54, 1.807) is 22.7 Å². The first-order valence-corrected chi connectivity index (χ1v) is 16.4. The Hall–Kier alpha value is -4.62. The highest BCUT2D eigenvalue weighted by atomic mass is 19.2. The molecule has 5 N–H and O–H groups in total. The number of aromatic nitrogens is 3. The number of rotatable bonds is 19. The number of nitrogens with one attached hydrogen (secondary N) is 2. The molecule has 0 saturated heterocycles. The molecule has 4 aromatic rings. The first-order chi connectivity index (χ1) is 23.1. The molecule has 2 aromatic carbocycles. The van der Waals surface area contributed by atoms with Crippen molar-refractivity contribution >= 4 is 29.0 Å². The minimum absolute atomic E-state index is 0.0338. The summed E-state index contributed by atoms with van der Waals surface area (Å²) < 4.78 is 36.3. The number of carboxylic acids is 1. The number of unbranched alkanes of at least 4 members (excludes halogenated alkanes) is 4. The lowest BCUT2D eigenvalue weighted by atomic mass is 10.0. The highest BCUT2D eigenvalue weighted by Gasteiger charge is 2.24. The number of halogens is 2. The molecule has 0 bridgehead atoms. The molecule has 0 saturated carbocycles. The lowest BCUT2D eigenvalue weighted by Crippen LogP contribution is -2.49. The van der Waals surface area contributed by atoms with E-state index in [2.05, 4.69) is 20.6 Å². The number of hydrogen-bond acceptors (Lipinski definition) is 7. The molecule has 0 aliphatic heterocycles. The fraction of sp³-hybridized carbons (Fsp3) is 0.429. The summed E-state index contributed by atoms with van der Waals surface area (Å²) in [6.07, 6.45) is 10.7. The summed E-state index contributed by atoms with van der Waals surface area (Å²) in [5.74, 6) is -2.84. The molecule has 0 radical (unpaired) electrons. The Balaban J connectivity index is 1.35. The molecule has 0 spiro atoms. The van der Waals surface area contributed by atoms with Crippen molar-refractivity contribution in [1.82, 2.24) is 19.7 Å². The van der Waals surface area contributed by atoms with Crippen LogP contribution in [0.15, 0.2) is 48.9 Å². The van der Waals surface area contributed by atoms with Gasteiger partial charge in [-0.1, -0.05) is 6.92 Å². The van der Waals surface area contributed by atoms with Crippen molar-refractivity contribution in [2.75, 3.05) is 52.2 Å². The minimum atomic E-state index is -1.08. The second-order valence-corrected chi connectivity index (χ2v) is 12.2. The maximum absolute atomic E-state index is 14.9. The average Bonchev–Trinajstić information content (AvgIpc) is 3.50. The van der Waals surface area contributed by atoms with Crippen LogP contribution in [-0.2, 0) is 11.2 Å². The van der Waals surface area contributed by atoms with Gasteiger partial charge in [0.25, 0.3) is 5.91 Å². The van der Waals surface area contributed by atoms with Crippen LogP contribution in [0, 0.1) is 11.6 Å². The lowest BCUT2D eigenvalue weighted by Gasteiger charge is -2.33. The molecule has 258 valence electrons. The minimum Gasteiger partial charge on any atom is -0.494 e. The van der Waals surface area contributed by atoms with Gasteiger partial charge >= 0.3 is 5.97 Å². The van der Waals surface area contributed by atoms with Gasteiger partial charge in [0.1, 0.15) is 0 Å². The number of aryl methyl sites for hydroxylation is 1. The third-order valence-electron chi connectivity index (χ3n) is 8.54. The molecular formula is C35H46F2N7O4+. The molecule has 4 rings (SSSR count). The zero-order chi connectivity index (χ0) is 34.7. The highest BCUT2D eigenvalue weighted by Crippen LogP contribution is 2.31. The monoisotopic (exact) mass is 666 g/mol. The van der Waals surface area contributed by atoms with Crippen LogP contribution in [0.1, 0.15) is 61.4 Å². The molecule has 0 aliphatic carbocycles. The van der Waals surface area contributed by atoms with Gasteiger partial charge in [0.15, 0.2) is 29.6 Å². The Morgan fingerprint density at radius 3 is 2.46 bits per heavy atom. The van der Waals surface area contributed by atoms with Gasteiger partial charge in [0.2, 0.25) is 5.82 Å². The van der Waals surface area contributed by atoms with E-state index >= 15 is 0 Å². The van der Waals surface area contributed by atoms with Crippen LogP contribution in [0.3, 0.4) is 0 Å². The normalized spacial score (nSPS) is 12.5. The molecule has 2 aromatic heterocycles. The van der Waals surface area contributed by atoms with Crippen molar-refractivity contribution in [3.63, 3.8) is 0 Å². The van der Waals surface area contributed by atoms with Crippen LogP contribution in [-0.4, -0.2) is 82.7 Å². The number of benzene rings is 2. The zero-order valence-corrected chi connectivity index (χ0v) is 27.9. The van der Waals surface area contributed by atoms with E-state index in [0.717, 1.165) is 57.2 Å². The van der Waals surface area contributed by atoms with Crippen LogP contribution >= 0.6 is 0 Å². The molecular weight excluding hydrogens is 620 g/mol. The number of nitrogens with two attached hydrogens (primary N) is 1. The van der Waals surface area contributed by atoms with Gasteiger partial charge in [-0.3, -0.25) is 9.20 Å². The number of hydrogen-bond donors (Lipinski definition) is 4. The quantitative estimate of drug-likeness (QED) is 0.0754. The van der Waals surface area contributed by atoms with Gasteiger partial charge in [0.05, 0.1) is 39.1 Å². The largest absolute Gasteiger partial charge is 0.494 e. The predicted molar refractivity (Wildman–Crippen MR) is 182 cm³/mol. The number of likely N-dealkylation sites (N-methyl/N-ethyl adjacent to an activating group) is 1. The van der Waals surface area contributed by atoms with Crippen LogP contribution in [0.4, 0.5) is 20.3 Å². The summed E-state index contributed by atoms with van der Waals surface area (Å²) in [6.45, 7) is 4.83. The number of carbonyl (C=O) groups excluding carboxylic acids is 1. The standard InChI is InChI=1S/C35H45F2N7O4/c1-4-24-21-25(42-33-34-41-22-28(43(34)18-17-39-33)27-13-14-29(48-3)32(37)31(27)36)11-12-26(24)35(47)40-16-8-6-10-20-44(2,23-30(45)46)19-9-5-7-15-38/h11-14,17-18,21-22H,4-10,15-16,19-20,23,38H2,1-3H3,(H2-,39,40,42,45,46,47)/p+1. The maximum Gasteiger partial charge on any atom is 0.359 e. The Kier molecular flexibility index (Phi) is 12.8. The van der Waals surface area contributed by atoms with E-state index in [-0.39, 0.29) is 23.8 Å². The number of carboxylic acid groups (broad SMARTS) is 1. The smallest absolute Gasteiger partial charge is 0.359 e. The topological polar surface area (TPSA) is 144 Å².